The first-order valence-electron chi connectivity index (χ1n) is 7.46. The number of carbonyl (C=O) groups excluding carboxylic acids is 1. The average Bonchev–Trinajstić information content (AvgIpc) is 2.48. The number of carbonyl (C=O) groups is 1. The van der Waals surface area contributed by atoms with Crippen LogP contribution in [0.15, 0.2) is 35.2 Å². The summed E-state index contributed by atoms with van der Waals surface area (Å²) in [6, 6.07) is 10.8. The fourth-order valence-electron chi connectivity index (χ4n) is 2.50. The molecule has 2 N–H and O–H groups in total. The molecule has 0 saturated carbocycles. The van der Waals surface area contributed by atoms with Gasteiger partial charge in [-0.3, -0.25) is 4.79 Å². The molecular weight excluding hydrogens is 304 g/mol. The van der Waals surface area contributed by atoms with E-state index in [1.165, 1.54) is 0 Å². The van der Waals surface area contributed by atoms with E-state index in [0.29, 0.717) is 6.04 Å². The Balaban J connectivity index is 0.00000220. The van der Waals surface area contributed by atoms with Crippen LogP contribution < -0.4 is 10.6 Å². The molecule has 21 heavy (non-hydrogen) atoms. The topological polar surface area (TPSA) is 41.1 Å². The van der Waals surface area contributed by atoms with Crippen molar-refractivity contribution in [3.63, 3.8) is 0 Å². The van der Waals surface area contributed by atoms with Gasteiger partial charge in [0.2, 0.25) is 5.91 Å². The first-order chi connectivity index (χ1) is 9.70. The Morgan fingerprint density at radius 1 is 1.43 bits per heavy atom. The number of halogens is 1. The quantitative estimate of drug-likeness (QED) is 0.815. The first-order valence-corrected chi connectivity index (χ1v) is 8.34. The van der Waals surface area contributed by atoms with E-state index in [2.05, 4.69) is 36.6 Å². The van der Waals surface area contributed by atoms with Crippen LogP contribution in [0.5, 0.6) is 0 Å². The van der Waals surface area contributed by atoms with Crippen LogP contribution in [-0.2, 0) is 4.79 Å². The highest BCUT2D eigenvalue weighted by molar-refractivity contribution is 8.00. The number of rotatable bonds is 5. The van der Waals surface area contributed by atoms with Gasteiger partial charge in [0.1, 0.15) is 0 Å². The van der Waals surface area contributed by atoms with Crippen molar-refractivity contribution in [1.82, 2.24) is 10.6 Å². The molecule has 1 heterocycles. The Kier molecular flexibility index (Phi) is 8.15. The molecule has 118 valence electrons. The summed E-state index contributed by atoms with van der Waals surface area (Å²) >= 11 is 1.65. The summed E-state index contributed by atoms with van der Waals surface area (Å²) in [5, 5.41) is 6.63. The van der Waals surface area contributed by atoms with Gasteiger partial charge in [-0.2, -0.15) is 0 Å². The van der Waals surface area contributed by atoms with Crippen molar-refractivity contribution in [2.75, 3.05) is 6.54 Å². The maximum Gasteiger partial charge on any atom is 0.233 e. The van der Waals surface area contributed by atoms with Gasteiger partial charge in [0.15, 0.2) is 0 Å². The zero-order valence-corrected chi connectivity index (χ0v) is 14.3. The van der Waals surface area contributed by atoms with Crippen molar-refractivity contribution in [3.8, 4) is 0 Å². The molecular formula is C16H25ClN2OS. The van der Waals surface area contributed by atoms with E-state index in [4.69, 9.17) is 0 Å². The van der Waals surface area contributed by atoms with Crippen LogP contribution >= 0.6 is 24.2 Å². The van der Waals surface area contributed by atoms with Crippen LogP contribution in [0.2, 0.25) is 0 Å². The van der Waals surface area contributed by atoms with Gasteiger partial charge in [-0.1, -0.05) is 25.1 Å². The summed E-state index contributed by atoms with van der Waals surface area (Å²) in [7, 11) is 0. The van der Waals surface area contributed by atoms with Gasteiger partial charge in [0.25, 0.3) is 0 Å². The molecule has 1 saturated heterocycles. The molecule has 3 nitrogen and oxygen atoms in total. The van der Waals surface area contributed by atoms with Gasteiger partial charge in [-0.25, -0.2) is 0 Å². The van der Waals surface area contributed by atoms with Crippen molar-refractivity contribution < 1.29 is 4.79 Å². The lowest BCUT2D eigenvalue weighted by molar-refractivity contribution is -0.121. The molecule has 1 amide bonds. The highest BCUT2D eigenvalue weighted by Crippen LogP contribution is 2.25. The van der Waals surface area contributed by atoms with Crippen LogP contribution in [0, 0.1) is 0 Å². The molecule has 3 unspecified atom stereocenters. The molecule has 0 spiro atoms. The molecule has 0 aromatic heterocycles. The van der Waals surface area contributed by atoms with Crippen LogP contribution in [0.3, 0.4) is 0 Å². The Bertz CT molecular complexity index is 430. The second kappa shape index (κ2) is 9.34. The van der Waals surface area contributed by atoms with Gasteiger partial charge in [0, 0.05) is 17.0 Å². The third-order valence-corrected chi connectivity index (χ3v) is 5.15. The Morgan fingerprint density at radius 3 is 2.76 bits per heavy atom. The number of amides is 1. The number of piperidine rings is 1. The third-order valence-electron chi connectivity index (χ3n) is 3.77. The second-order valence-electron chi connectivity index (χ2n) is 5.33. The number of hydrogen-bond acceptors (Lipinski definition) is 3. The van der Waals surface area contributed by atoms with Crippen molar-refractivity contribution in [2.24, 2.45) is 0 Å². The molecule has 1 aliphatic heterocycles. The predicted molar refractivity (Wildman–Crippen MR) is 92.3 cm³/mol. The minimum absolute atomic E-state index is 0. The first kappa shape index (κ1) is 18.3. The van der Waals surface area contributed by atoms with Crippen molar-refractivity contribution in [1.29, 1.82) is 0 Å². The van der Waals surface area contributed by atoms with Gasteiger partial charge in [-0.15, -0.1) is 24.2 Å². The van der Waals surface area contributed by atoms with E-state index < -0.39 is 0 Å². The zero-order chi connectivity index (χ0) is 14.4. The number of thioether (sulfide) groups is 1. The van der Waals surface area contributed by atoms with E-state index >= 15 is 0 Å². The summed E-state index contributed by atoms with van der Waals surface area (Å²) in [6.45, 7) is 5.28. The largest absolute Gasteiger partial charge is 0.351 e. The lowest BCUT2D eigenvalue weighted by Crippen LogP contribution is -2.53. The van der Waals surface area contributed by atoms with Gasteiger partial charge in [0.05, 0.1) is 5.25 Å². The molecule has 1 aromatic rings. The summed E-state index contributed by atoms with van der Waals surface area (Å²) in [5.41, 5.74) is 0. The maximum atomic E-state index is 12.4. The normalized spacial score (nSPS) is 23.0. The van der Waals surface area contributed by atoms with Crippen molar-refractivity contribution in [2.45, 2.75) is 55.3 Å². The van der Waals surface area contributed by atoms with E-state index in [1.54, 1.807) is 11.8 Å². The summed E-state index contributed by atoms with van der Waals surface area (Å²) < 4.78 is 0. The molecule has 2 rings (SSSR count). The lowest BCUT2D eigenvalue weighted by Gasteiger charge is -2.31. The summed E-state index contributed by atoms with van der Waals surface area (Å²) in [5.74, 6) is 0.168. The zero-order valence-electron chi connectivity index (χ0n) is 12.7. The Labute approximate surface area is 138 Å². The van der Waals surface area contributed by atoms with E-state index in [0.717, 1.165) is 30.7 Å². The molecule has 1 aliphatic rings. The predicted octanol–water partition coefficient (Wildman–Crippen LogP) is 3.24. The highest BCUT2D eigenvalue weighted by Gasteiger charge is 2.25. The number of hydrogen-bond donors (Lipinski definition) is 2. The van der Waals surface area contributed by atoms with Gasteiger partial charge < -0.3 is 10.6 Å². The SMILES string of the molecule is CCC(Sc1ccccc1)C(=O)NC1CCCNC1C.Cl. The van der Waals surface area contributed by atoms with Crippen molar-refractivity contribution in [3.05, 3.63) is 30.3 Å². The third kappa shape index (κ3) is 5.53. The van der Waals surface area contributed by atoms with Crippen LogP contribution in [0.1, 0.15) is 33.1 Å². The average molecular weight is 329 g/mol. The monoisotopic (exact) mass is 328 g/mol. The lowest BCUT2D eigenvalue weighted by atomic mass is 10.00. The molecule has 0 radical (unpaired) electrons. The summed E-state index contributed by atoms with van der Waals surface area (Å²) in [6.07, 6.45) is 3.06. The Morgan fingerprint density at radius 2 is 2.14 bits per heavy atom. The molecule has 3 atom stereocenters. The molecule has 0 aliphatic carbocycles. The van der Waals surface area contributed by atoms with E-state index in [1.807, 2.05) is 18.2 Å². The van der Waals surface area contributed by atoms with Gasteiger partial charge in [-0.05, 0) is 44.9 Å². The molecule has 1 aromatic carbocycles. The second-order valence-corrected chi connectivity index (χ2v) is 6.60. The smallest absolute Gasteiger partial charge is 0.233 e. The van der Waals surface area contributed by atoms with Crippen LogP contribution in [0.4, 0.5) is 0 Å². The fraction of sp³-hybridized carbons (Fsp3) is 0.562. The summed E-state index contributed by atoms with van der Waals surface area (Å²) in [4.78, 5) is 13.6. The fourth-order valence-corrected chi connectivity index (χ4v) is 3.49. The number of benzene rings is 1. The van der Waals surface area contributed by atoms with E-state index in [-0.39, 0.29) is 29.6 Å². The minimum Gasteiger partial charge on any atom is -0.351 e. The molecule has 1 fully saturated rings. The minimum atomic E-state index is -0.00785. The highest BCUT2D eigenvalue weighted by atomic mass is 35.5. The number of nitrogens with one attached hydrogen (secondary N) is 2. The van der Waals surface area contributed by atoms with Crippen molar-refractivity contribution >= 4 is 30.1 Å². The van der Waals surface area contributed by atoms with Gasteiger partial charge >= 0.3 is 0 Å². The van der Waals surface area contributed by atoms with Crippen LogP contribution in [0.25, 0.3) is 0 Å². The maximum absolute atomic E-state index is 12.4. The standard InChI is InChI=1S/C16H24N2OS.ClH/c1-3-15(20-13-8-5-4-6-9-13)16(19)18-14-10-7-11-17-12(14)2;/h4-6,8-9,12,14-15,17H,3,7,10-11H2,1-2H3,(H,18,19);1H. The van der Waals surface area contributed by atoms with E-state index in [9.17, 15) is 4.79 Å². The Hall–Kier alpha value is -0.710. The molecule has 5 heteroatoms. The molecule has 0 bridgehead atoms. The van der Waals surface area contributed by atoms with Crippen LogP contribution in [-0.4, -0.2) is 29.8 Å².